The summed E-state index contributed by atoms with van der Waals surface area (Å²) in [5.74, 6) is 0.191. The molecule has 8 nitrogen and oxygen atoms in total. The standard InChI is InChI=1S/C7H12N4O4S/c1-3-15-7(12)11-16(13,14)10-6-5(2)4-8-9-6/h4H,3H2,1-2H3,(H,11,12)(H2,8,9,10). The predicted octanol–water partition coefficient (Wildman–Crippen LogP) is 0.121. The van der Waals surface area contributed by atoms with Crippen molar-refractivity contribution in [2.45, 2.75) is 13.8 Å². The van der Waals surface area contributed by atoms with E-state index in [2.05, 4.69) is 19.7 Å². The number of hydrogen-bond donors (Lipinski definition) is 3. The van der Waals surface area contributed by atoms with Gasteiger partial charge in [0.15, 0.2) is 0 Å². The van der Waals surface area contributed by atoms with Crippen molar-refractivity contribution in [3.8, 4) is 0 Å². The van der Waals surface area contributed by atoms with E-state index in [0.29, 0.717) is 5.56 Å². The van der Waals surface area contributed by atoms with Crippen molar-refractivity contribution >= 4 is 22.1 Å². The van der Waals surface area contributed by atoms with Crippen LogP contribution in [0.3, 0.4) is 0 Å². The zero-order valence-electron chi connectivity index (χ0n) is 8.77. The first-order chi connectivity index (χ1) is 7.44. The summed E-state index contributed by atoms with van der Waals surface area (Å²) in [6, 6.07) is 0. The van der Waals surface area contributed by atoms with E-state index in [1.54, 1.807) is 18.6 Å². The van der Waals surface area contributed by atoms with Crippen LogP contribution in [-0.4, -0.2) is 31.3 Å². The lowest BCUT2D eigenvalue weighted by atomic mass is 10.4. The zero-order valence-corrected chi connectivity index (χ0v) is 9.59. The third-order valence-corrected chi connectivity index (χ3v) is 2.47. The lowest BCUT2D eigenvalue weighted by molar-refractivity contribution is 0.159. The zero-order chi connectivity index (χ0) is 12.2. The third kappa shape index (κ3) is 3.42. The van der Waals surface area contributed by atoms with Crippen LogP contribution in [0.5, 0.6) is 0 Å². The highest BCUT2D eigenvalue weighted by Crippen LogP contribution is 2.09. The lowest BCUT2D eigenvalue weighted by Gasteiger charge is -2.07. The molecule has 0 fully saturated rings. The molecule has 0 aliphatic carbocycles. The predicted molar refractivity (Wildman–Crippen MR) is 56.0 cm³/mol. The Morgan fingerprint density at radius 2 is 2.31 bits per heavy atom. The van der Waals surface area contributed by atoms with Gasteiger partial charge in [-0.15, -0.1) is 0 Å². The molecule has 90 valence electrons. The maximum atomic E-state index is 11.4. The number of aromatic nitrogens is 2. The Bertz CT molecular complexity index is 466. The number of nitrogens with zero attached hydrogens (tertiary/aromatic N) is 1. The molecule has 1 rings (SSSR count). The molecule has 9 heteroatoms. The molecular formula is C7H12N4O4S. The van der Waals surface area contributed by atoms with Gasteiger partial charge in [0, 0.05) is 5.56 Å². The van der Waals surface area contributed by atoms with Gasteiger partial charge in [-0.3, -0.25) is 9.82 Å². The van der Waals surface area contributed by atoms with Gasteiger partial charge >= 0.3 is 16.3 Å². The molecule has 0 radical (unpaired) electrons. The molecule has 0 saturated heterocycles. The minimum atomic E-state index is -3.99. The van der Waals surface area contributed by atoms with E-state index in [9.17, 15) is 13.2 Å². The summed E-state index contributed by atoms with van der Waals surface area (Å²) >= 11 is 0. The first-order valence-corrected chi connectivity index (χ1v) is 5.90. The molecule has 1 amide bonds. The number of aryl methyl sites for hydroxylation is 1. The van der Waals surface area contributed by atoms with E-state index in [1.807, 2.05) is 0 Å². The van der Waals surface area contributed by atoms with E-state index < -0.39 is 16.3 Å². The fourth-order valence-corrected chi connectivity index (χ4v) is 1.68. The summed E-state index contributed by atoms with van der Waals surface area (Å²) in [7, 11) is -3.99. The SMILES string of the molecule is CCOC(=O)NS(=O)(=O)Nc1[nH]ncc1C. The van der Waals surface area contributed by atoms with Crippen molar-refractivity contribution in [1.82, 2.24) is 14.9 Å². The van der Waals surface area contributed by atoms with E-state index in [1.165, 1.54) is 6.20 Å². The fraction of sp³-hybridized carbons (Fsp3) is 0.429. The lowest BCUT2D eigenvalue weighted by Crippen LogP contribution is -2.36. The molecule has 3 N–H and O–H groups in total. The first kappa shape index (κ1) is 12.3. The molecule has 0 atom stereocenters. The van der Waals surface area contributed by atoms with E-state index in [-0.39, 0.29) is 12.4 Å². The van der Waals surface area contributed by atoms with Gasteiger partial charge in [-0.2, -0.15) is 13.5 Å². The summed E-state index contributed by atoms with van der Waals surface area (Å²) in [5.41, 5.74) is 0.606. The average Bonchev–Trinajstić information content (AvgIpc) is 2.50. The van der Waals surface area contributed by atoms with Crippen LogP contribution in [0.1, 0.15) is 12.5 Å². The normalized spacial score (nSPS) is 10.9. The molecule has 16 heavy (non-hydrogen) atoms. The molecule has 0 spiro atoms. The number of H-pyrrole nitrogens is 1. The third-order valence-electron chi connectivity index (χ3n) is 1.56. The number of ether oxygens (including phenoxy) is 1. The Balaban J connectivity index is 2.66. The number of rotatable bonds is 4. The van der Waals surface area contributed by atoms with E-state index >= 15 is 0 Å². The van der Waals surface area contributed by atoms with Gasteiger partial charge in [0.1, 0.15) is 5.82 Å². The molecule has 1 aromatic rings. The number of aromatic amines is 1. The van der Waals surface area contributed by atoms with E-state index in [4.69, 9.17) is 0 Å². The molecule has 1 heterocycles. The molecule has 0 aromatic carbocycles. The summed E-state index contributed by atoms with van der Waals surface area (Å²) in [5, 5.41) is 6.06. The summed E-state index contributed by atoms with van der Waals surface area (Å²) < 4.78 is 30.9. The van der Waals surface area contributed by atoms with Crippen molar-refractivity contribution in [2.75, 3.05) is 11.3 Å². The molecule has 0 bridgehead atoms. The van der Waals surface area contributed by atoms with Gasteiger partial charge in [0.2, 0.25) is 0 Å². The molecule has 1 aromatic heterocycles. The Hall–Kier alpha value is -1.77. The van der Waals surface area contributed by atoms with Gasteiger partial charge < -0.3 is 4.74 Å². The van der Waals surface area contributed by atoms with Crippen molar-refractivity contribution in [3.05, 3.63) is 11.8 Å². The van der Waals surface area contributed by atoms with Crippen LogP contribution in [0.25, 0.3) is 0 Å². The first-order valence-electron chi connectivity index (χ1n) is 4.42. The van der Waals surface area contributed by atoms with Gasteiger partial charge in [-0.1, -0.05) is 0 Å². The maximum absolute atomic E-state index is 11.4. The van der Waals surface area contributed by atoms with Crippen LogP contribution in [0.15, 0.2) is 6.20 Å². The van der Waals surface area contributed by atoms with Crippen LogP contribution in [-0.2, 0) is 14.9 Å². The molecule has 0 aliphatic heterocycles. The highest BCUT2D eigenvalue weighted by molar-refractivity contribution is 7.91. The fourth-order valence-electron chi connectivity index (χ4n) is 0.880. The second kappa shape index (κ2) is 4.84. The Morgan fingerprint density at radius 1 is 1.62 bits per heavy atom. The molecule has 0 aliphatic rings. The number of hydrogen-bond acceptors (Lipinski definition) is 5. The molecule has 0 unspecified atom stereocenters. The van der Waals surface area contributed by atoms with Crippen LogP contribution < -0.4 is 9.44 Å². The van der Waals surface area contributed by atoms with Gasteiger partial charge in [-0.25, -0.2) is 9.52 Å². The maximum Gasteiger partial charge on any atom is 0.422 e. The van der Waals surface area contributed by atoms with Crippen molar-refractivity contribution in [3.63, 3.8) is 0 Å². The number of carbonyl (C=O) groups excluding carboxylic acids is 1. The number of nitrogens with one attached hydrogen (secondary N) is 3. The summed E-state index contributed by atoms with van der Waals surface area (Å²) in [6.07, 6.45) is 0.412. The second-order valence-corrected chi connectivity index (χ2v) is 4.27. The Kier molecular flexibility index (Phi) is 3.72. The quantitative estimate of drug-likeness (QED) is 0.700. The van der Waals surface area contributed by atoms with Crippen molar-refractivity contribution in [2.24, 2.45) is 0 Å². The van der Waals surface area contributed by atoms with Crippen molar-refractivity contribution < 1.29 is 17.9 Å². The highest BCUT2D eigenvalue weighted by Gasteiger charge is 2.16. The monoisotopic (exact) mass is 248 g/mol. The number of anilines is 1. The molecular weight excluding hydrogens is 236 g/mol. The van der Waals surface area contributed by atoms with Crippen LogP contribution >= 0.6 is 0 Å². The van der Waals surface area contributed by atoms with Crippen LogP contribution in [0.4, 0.5) is 10.6 Å². The average molecular weight is 248 g/mol. The Labute approximate surface area is 92.6 Å². The smallest absolute Gasteiger partial charge is 0.422 e. The van der Waals surface area contributed by atoms with Crippen LogP contribution in [0.2, 0.25) is 0 Å². The Morgan fingerprint density at radius 3 is 2.81 bits per heavy atom. The minimum Gasteiger partial charge on any atom is -0.449 e. The van der Waals surface area contributed by atoms with Crippen molar-refractivity contribution in [1.29, 1.82) is 0 Å². The minimum absolute atomic E-state index is 0.0877. The largest absolute Gasteiger partial charge is 0.449 e. The molecule has 0 saturated carbocycles. The van der Waals surface area contributed by atoms with Gasteiger partial charge in [0.05, 0.1) is 12.8 Å². The summed E-state index contributed by atoms with van der Waals surface area (Å²) in [4.78, 5) is 10.9. The van der Waals surface area contributed by atoms with E-state index in [0.717, 1.165) is 0 Å². The second-order valence-electron chi connectivity index (χ2n) is 2.86. The van der Waals surface area contributed by atoms with Crippen LogP contribution in [0, 0.1) is 6.92 Å². The highest BCUT2D eigenvalue weighted by atomic mass is 32.2. The van der Waals surface area contributed by atoms with Gasteiger partial charge in [0.25, 0.3) is 0 Å². The topological polar surface area (TPSA) is 113 Å². The number of carbonyl (C=O) groups is 1. The summed E-state index contributed by atoms with van der Waals surface area (Å²) in [6.45, 7) is 3.31. The number of amides is 1. The van der Waals surface area contributed by atoms with Gasteiger partial charge in [-0.05, 0) is 13.8 Å².